The van der Waals surface area contributed by atoms with Crippen LogP contribution >= 0.6 is 11.8 Å². The SMILES string of the molecule is O=C([C@H]1CNc2ccccc2S1)N1CCOCC1. The number of amides is 1. The summed E-state index contributed by atoms with van der Waals surface area (Å²) in [4.78, 5) is 15.4. The lowest BCUT2D eigenvalue weighted by Crippen LogP contribution is -2.47. The van der Waals surface area contributed by atoms with Crippen molar-refractivity contribution in [1.29, 1.82) is 0 Å². The smallest absolute Gasteiger partial charge is 0.238 e. The van der Waals surface area contributed by atoms with Crippen LogP contribution in [0.2, 0.25) is 0 Å². The summed E-state index contributed by atoms with van der Waals surface area (Å²) < 4.78 is 5.28. The molecule has 18 heavy (non-hydrogen) atoms. The molecule has 3 rings (SSSR count). The zero-order valence-electron chi connectivity index (χ0n) is 10.1. The number of thioether (sulfide) groups is 1. The van der Waals surface area contributed by atoms with Gasteiger partial charge in [-0.3, -0.25) is 4.79 Å². The molecule has 0 spiro atoms. The van der Waals surface area contributed by atoms with Gasteiger partial charge >= 0.3 is 0 Å². The second-order valence-corrected chi connectivity index (χ2v) is 5.67. The Morgan fingerprint density at radius 2 is 2.11 bits per heavy atom. The molecule has 1 N–H and O–H groups in total. The number of rotatable bonds is 1. The minimum Gasteiger partial charge on any atom is -0.382 e. The van der Waals surface area contributed by atoms with Crippen molar-refractivity contribution in [1.82, 2.24) is 4.90 Å². The molecule has 0 radical (unpaired) electrons. The Hall–Kier alpha value is -1.20. The number of hydrogen-bond acceptors (Lipinski definition) is 4. The van der Waals surface area contributed by atoms with E-state index in [4.69, 9.17) is 4.74 Å². The molecule has 1 aromatic rings. The second-order valence-electron chi connectivity index (χ2n) is 4.42. The van der Waals surface area contributed by atoms with Crippen LogP contribution < -0.4 is 5.32 Å². The fourth-order valence-corrected chi connectivity index (χ4v) is 3.39. The number of fused-ring (bicyclic) bond motifs is 1. The summed E-state index contributed by atoms with van der Waals surface area (Å²) in [6.07, 6.45) is 0. The predicted molar refractivity (Wildman–Crippen MR) is 72.0 cm³/mol. The quantitative estimate of drug-likeness (QED) is 0.833. The molecule has 0 aromatic heterocycles. The number of nitrogens with one attached hydrogen (secondary N) is 1. The second kappa shape index (κ2) is 5.20. The molecule has 2 heterocycles. The maximum Gasteiger partial charge on any atom is 0.238 e. The van der Waals surface area contributed by atoms with Gasteiger partial charge in [0.25, 0.3) is 0 Å². The summed E-state index contributed by atoms with van der Waals surface area (Å²) in [5.41, 5.74) is 1.13. The lowest BCUT2D eigenvalue weighted by Gasteiger charge is -2.32. The molecule has 0 unspecified atom stereocenters. The van der Waals surface area contributed by atoms with Crippen molar-refractivity contribution < 1.29 is 9.53 Å². The lowest BCUT2D eigenvalue weighted by molar-refractivity contribution is -0.134. The minimum atomic E-state index is -0.0157. The fourth-order valence-electron chi connectivity index (χ4n) is 2.24. The van der Waals surface area contributed by atoms with Gasteiger partial charge in [0.15, 0.2) is 0 Å². The van der Waals surface area contributed by atoms with Crippen molar-refractivity contribution in [3.05, 3.63) is 24.3 Å². The highest BCUT2D eigenvalue weighted by atomic mass is 32.2. The van der Waals surface area contributed by atoms with Crippen LogP contribution in [0.1, 0.15) is 0 Å². The van der Waals surface area contributed by atoms with E-state index in [9.17, 15) is 4.79 Å². The van der Waals surface area contributed by atoms with Gasteiger partial charge < -0.3 is 15.0 Å². The van der Waals surface area contributed by atoms with Crippen molar-refractivity contribution in [2.45, 2.75) is 10.1 Å². The number of carbonyl (C=O) groups is 1. The summed E-state index contributed by atoms with van der Waals surface area (Å²) in [6.45, 7) is 3.47. The number of benzene rings is 1. The lowest BCUT2D eigenvalue weighted by atomic mass is 10.2. The van der Waals surface area contributed by atoms with Crippen molar-refractivity contribution in [2.24, 2.45) is 0 Å². The van der Waals surface area contributed by atoms with Gasteiger partial charge in [-0.1, -0.05) is 12.1 Å². The van der Waals surface area contributed by atoms with Crippen molar-refractivity contribution in [2.75, 3.05) is 38.2 Å². The van der Waals surface area contributed by atoms with E-state index in [1.807, 2.05) is 17.0 Å². The molecule has 2 aliphatic rings. The highest BCUT2D eigenvalue weighted by Crippen LogP contribution is 2.35. The zero-order valence-corrected chi connectivity index (χ0v) is 10.9. The first-order valence-corrected chi connectivity index (χ1v) is 7.08. The van der Waals surface area contributed by atoms with Crippen LogP contribution in [0.3, 0.4) is 0 Å². The van der Waals surface area contributed by atoms with Gasteiger partial charge in [-0.05, 0) is 12.1 Å². The van der Waals surface area contributed by atoms with Crippen LogP contribution in [0.5, 0.6) is 0 Å². The van der Waals surface area contributed by atoms with E-state index in [1.54, 1.807) is 11.8 Å². The van der Waals surface area contributed by atoms with E-state index in [0.29, 0.717) is 19.8 Å². The summed E-state index contributed by atoms with van der Waals surface area (Å²) >= 11 is 1.66. The Morgan fingerprint density at radius 1 is 1.33 bits per heavy atom. The van der Waals surface area contributed by atoms with E-state index < -0.39 is 0 Å². The largest absolute Gasteiger partial charge is 0.382 e. The van der Waals surface area contributed by atoms with Gasteiger partial charge in [0, 0.05) is 30.2 Å². The topological polar surface area (TPSA) is 41.6 Å². The maximum absolute atomic E-state index is 12.4. The molecule has 5 heteroatoms. The number of anilines is 1. The highest BCUT2D eigenvalue weighted by molar-refractivity contribution is 8.00. The van der Waals surface area contributed by atoms with Crippen LogP contribution in [-0.4, -0.2) is 48.9 Å². The zero-order chi connectivity index (χ0) is 12.4. The number of ether oxygens (including phenoxy) is 1. The standard InChI is InChI=1S/C13H16N2O2S/c16-13(15-5-7-17-8-6-15)12-9-14-10-3-1-2-4-11(10)18-12/h1-4,12,14H,5-9H2/t12-/m1/s1. The van der Waals surface area contributed by atoms with Crippen molar-refractivity contribution in [3.63, 3.8) is 0 Å². The first kappa shape index (κ1) is 11.9. The van der Waals surface area contributed by atoms with E-state index in [0.717, 1.165) is 23.7 Å². The Kier molecular flexibility index (Phi) is 3.43. The number of morpholine rings is 1. The molecule has 1 aromatic carbocycles. The Morgan fingerprint density at radius 3 is 2.94 bits per heavy atom. The Labute approximate surface area is 111 Å². The molecule has 1 amide bonds. The number of carbonyl (C=O) groups excluding carboxylic acids is 1. The Bertz CT molecular complexity index is 446. The molecule has 0 bridgehead atoms. The number of nitrogens with zero attached hydrogens (tertiary/aromatic N) is 1. The number of hydrogen-bond donors (Lipinski definition) is 1. The number of para-hydroxylation sites is 1. The maximum atomic E-state index is 12.4. The van der Waals surface area contributed by atoms with Gasteiger partial charge in [0.1, 0.15) is 5.25 Å². The van der Waals surface area contributed by atoms with E-state index in [-0.39, 0.29) is 11.2 Å². The predicted octanol–water partition coefficient (Wildman–Crippen LogP) is 1.43. The van der Waals surface area contributed by atoms with Crippen LogP contribution in [0.25, 0.3) is 0 Å². The van der Waals surface area contributed by atoms with Crippen molar-refractivity contribution in [3.8, 4) is 0 Å². The van der Waals surface area contributed by atoms with Gasteiger partial charge in [0.05, 0.1) is 13.2 Å². The molecule has 1 saturated heterocycles. The third-order valence-electron chi connectivity index (χ3n) is 3.23. The van der Waals surface area contributed by atoms with Gasteiger partial charge in [-0.2, -0.15) is 0 Å². The molecule has 1 fully saturated rings. The molecule has 0 aliphatic carbocycles. The first-order valence-electron chi connectivity index (χ1n) is 6.21. The monoisotopic (exact) mass is 264 g/mol. The minimum absolute atomic E-state index is 0.0157. The Balaban J connectivity index is 1.69. The van der Waals surface area contributed by atoms with Crippen LogP contribution in [0.4, 0.5) is 5.69 Å². The van der Waals surface area contributed by atoms with E-state index in [2.05, 4.69) is 17.4 Å². The summed E-state index contributed by atoms with van der Waals surface area (Å²) in [6, 6.07) is 8.13. The average Bonchev–Trinajstić information content (AvgIpc) is 2.47. The first-order chi connectivity index (χ1) is 8.84. The normalized spacial score (nSPS) is 23.1. The molecular weight excluding hydrogens is 248 g/mol. The molecular formula is C13H16N2O2S. The summed E-state index contributed by atoms with van der Waals surface area (Å²) in [5, 5.41) is 3.32. The third kappa shape index (κ3) is 2.33. The highest BCUT2D eigenvalue weighted by Gasteiger charge is 2.29. The van der Waals surface area contributed by atoms with E-state index >= 15 is 0 Å². The summed E-state index contributed by atoms with van der Waals surface area (Å²) in [5.74, 6) is 0.227. The van der Waals surface area contributed by atoms with Crippen LogP contribution in [0.15, 0.2) is 29.2 Å². The van der Waals surface area contributed by atoms with Crippen molar-refractivity contribution >= 4 is 23.4 Å². The van der Waals surface area contributed by atoms with Gasteiger partial charge in [0.2, 0.25) is 5.91 Å². The molecule has 4 nitrogen and oxygen atoms in total. The summed E-state index contributed by atoms with van der Waals surface area (Å²) in [7, 11) is 0. The van der Waals surface area contributed by atoms with E-state index in [1.165, 1.54) is 0 Å². The fraction of sp³-hybridized carbons (Fsp3) is 0.462. The van der Waals surface area contributed by atoms with Crippen LogP contribution in [0, 0.1) is 0 Å². The van der Waals surface area contributed by atoms with Gasteiger partial charge in [-0.25, -0.2) is 0 Å². The molecule has 1 atom stereocenters. The van der Waals surface area contributed by atoms with Gasteiger partial charge in [-0.15, -0.1) is 11.8 Å². The average molecular weight is 264 g/mol. The van der Waals surface area contributed by atoms with Crippen LogP contribution in [-0.2, 0) is 9.53 Å². The molecule has 0 saturated carbocycles. The third-order valence-corrected chi connectivity index (χ3v) is 4.50. The molecule has 2 aliphatic heterocycles. The molecule has 96 valence electrons.